The van der Waals surface area contributed by atoms with E-state index in [1.54, 1.807) is 32.9 Å². The second kappa shape index (κ2) is 11.3. The van der Waals surface area contributed by atoms with Crippen LogP contribution < -0.4 is 4.74 Å². The molecule has 0 amide bonds. The lowest BCUT2D eigenvalue weighted by Gasteiger charge is -2.28. The number of ketones is 1. The van der Waals surface area contributed by atoms with Crippen LogP contribution in [0.2, 0.25) is 0 Å². The molecule has 36 heavy (non-hydrogen) atoms. The second-order valence-electron chi connectivity index (χ2n) is 8.86. The Morgan fingerprint density at radius 1 is 0.972 bits per heavy atom. The molecule has 190 valence electrons. The molecule has 1 aromatic heterocycles. The molecule has 0 aliphatic heterocycles. The monoisotopic (exact) mass is 497 g/mol. The summed E-state index contributed by atoms with van der Waals surface area (Å²) >= 11 is 0. The Bertz CT molecular complexity index is 1230. The van der Waals surface area contributed by atoms with Crippen LogP contribution in [-0.2, 0) is 9.53 Å². The zero-order chi connectivity index (χ0) is 26.6. The Hall–Kier alpha value is -3.81. The number of ether oxygens (including phenoxy) is 2. The van der Waals surface area contributed by atoms with E-state index in [-0.39, 0.29) is 17.9 Å². The molecule has 2 aromatic carbocycles. The quantitative estimate of drug-likeness (QED) is 0.303. The lowest BCUT2D eigenvalue weighted by Crippen LogP contribution is -2.28. The Labute approximate surface area is 208 Å². The third-order valence-corrected chi connectivity index (χ3v) is 6.19. The molecule has 2 atom stereocenters. The van der Waals surface area contributed by atoms with Crippen molar-refractivity contribution in [1.29, 1.82) is 0 Å². The number of carbonyl (C=O) groups is 2. The average Bonchev–Trinajstić information content (AvgIpc) is 2.83. The number of pyridine rings is 1. The summed E-state index contributed by atoms with van der Waals surface area (Å²) in [6, 6.07) is 10.0. The van der Waals surface area contributed by atoms with Crippen LogP contribution in [0.1, 0.15) is 58.9 Å². The van der Waals surface area contributed by atoms with Crippen molar-refractivity contribution >= 4 is 11.8 Å². The smallest absolute Gasteiger partial charge is 0.309 e. The molecule has 0 spiro atoms. The number of rotatable bonds is 9. The number of halogens is 2. The highest BCUT2D eigenvalue weighted by Gasteiger charge is 2.31. The molecule has 3 aromatic rings. The van der Waals surface area contributed by atoms with Crippen molar-refractivity contribution in [2.24, 2.45) is 5.92 Å². The number of aryl methyl sites for hydroxylation is 2. The molecule has 6 nitrogen and oxygen atoms in total. The van der Waals surface area contributed by atoms with Crippen molar-refractivity contribution in [2.45, 2.75) is 46.1 Å². The van der Waals surface area contributed by atoms with Gasteiger partial charge in [0, 0.05) is 24.6 Å². The minimum Gasteiger partial charge on any atom is -0.503 e. The molecule has 0 aliphatic carbocycles. The van der Waals surface area contributed by atoms with Gasteiger partial charge in [0.15, 0.2) is 23.0 Å². The summed E-state index contributed by atoms with van der Waals surface area (Å²) in [5, 5.41) is 10.2. The topological polar surface area (TPSA) is 85.7 Å². The Balaban J connectivity index is 1.86. The van der Waals surface area contributed by atoms with Crippen molar-refractivity contribution in [3.63, 3.8) is 0 Å². The van der Waals surface area contributed by atoms with Crippen LogP contribution in [0.15, 0.2) is 48.7 Å². The normalized spacial score (nSPS) is 12.8. The first-order valence-corrected chi connectivity index (χ1v) is 11.5. The largest absolute Gasteiger partial charge is 0.503 e. The summed E-state index contributed by atoms with van der Waals surface area (Å²) in [6.45, 7) is 6.79. The van der Waals surface area contributed by atoms with Crippen LogP contribution in [0.3, 0.4) is 0 Å². The summed E-state index contributed by atoms with van der Waals surface area (Å²) in [4.78, 5) is 29.6. The van der Waals surface area contributed by atoms with Crippen LogP contribution in [0, 0.1) is 31.4 Å². The lowest BCUT2D eigenvalue weighted by molar-refractivity contribution is -0.153. The molecule has 0 unspecified atom stereocenters. The number of benzene rings is 2. The molecule has 0 saturated carbocycles. The molecule has 0 aliphatic rings. The summed E-state index contributed by atoms with van der Waals surface area (Å²) in [6.07, 6.45) is 0.255. The molecule has 0 bridgehead atoms. The number of esters is 1. The number of aromatic nitrogens is 1. The van der Waals surface area contributed by atoms with E-state index in [9.17, 15) is 23.5 Å². The molecule has 1 N–H and O–H groups in total. The molecule has 1 heterocycles. The van der Waals surface area contributed by atoms with E-state index in [0.717, 1.165) is 11.1 Å². The van der Waals surface area contributed by atoms with E-state index >= 15 is 0 Å². The van der Waals surface area contributed by atoms with Crippen molar-refractivity contribution in [1.82, 2.24) is 4.98 Å². The van der Waals surface area contributed by atoms with Crippen molar-refractivity contribution in [3.8, 4) is 11.5 Å². The van der Waals surface area contributed by atoms with Crippen molar-refractivity contribution in [2.75, 3.05) is 7.11 Å². The first kappa shape index (κ1) is 26.8. The first-order chi connectivity index (χ1) is 17.0. The van der Waals surface area contributed by atoms with E-state index in [1.165, 1.54) is 50.6 Å². The van der Waals surface area contributed by atoms with E-state index in [4.69, 9.17) is 9.47 Å². The van der Waals surface area contributed by atoms with Gasteiger partial charge in [-0.25, -0.2) is 13.8 Å². The highest BCUT2D eigenvalue weighted by Crippen LogP contribution is 2.35. The fourth-order valence-electron chi connectivity index (χ4n) is 4.20. The molecular weight excluding hydrogens is 468 g/mol. The number of hydrogen-bond donors (Lipinski definition) is 1. The average molecular weight is 498 g/mol. The van der Waals surface area contributed by atoms with E-state index in [1.807, 2.05) is 0 Å². The summed E-state index contributed by atoms with van der Waals surface area (Å²) in [5.74, 6) is -3.95. The lowest BCUT2D eigenvalue weighted by atomic mass is 9.82. The van der Waals surface area contributed by atoms with Gasteiger partial charge in [-0.2, -0.15) is 0 Å². The third kappa shape index (κ3) is 5.87. The SMILES string of the molecule is COc1ccnc(C(=O)C[C@@H](C)C(=O)O[C@@H](C)C(c2cc(F)ccc2C)c2cc(F)ccc2C)c1O. The third-order valence-electron chi connectivity index (χ3n) is 6.19. The molecule has 3 rings (SSSR count). The van der Waals surface area contributed by atoms with Crippen LogP contribution in [-0.4, -0.2) is 35.1 Å². The van der Waals surface area contributed by atoms with Crippen molar-refractivity contribution < 1.29 is 33.0 Å². The Kier molecular flexibility index (Phi) is 8.40. The number of Topliss-reactive ketones (excluding diaryl/α,β-unsaturated/α-hetero) is 1. The Morgan fingerprint density at radius 2 is 1.53 bits per heavy atom. The molecule has 8 heteroatoms. The van der Waals surface area contributed by atoms with Gasteiger partial charge in [0.2, 0.25) is 0 Å². The number of hydrogen-bond acceptors (Lipinski definition) is 6. The zero-order valence-electron chi connectivity index (χ0n) is 20.8. The van der Waals surface area contributed by atoms with E-state index < -0.39 is 47.1 Å². The van der Waals surface area contributed by atoms with Gasteiger partial charge in [0.05, 0.1) is 13.0 Å². The van der Waals surface area contributed by atoms with Gasteiger partial charge in [-0.05, 0) is 67.3 Å². The highest BCUT2D eigenvalue weighted by atomic mass is 19.1. The fourth-order valence-corrected chi connectivity index (χ4v) is 4.20. The van der Waals surface area contributed by atoms with Gasteiger partial charge in [-0.1, -0.05) is 19.1 Å². The van der Waals surface area contributed by atoms with E-state index in [0.29, 0.717) is 11.1 Å². The maximum Gasteiger partial charge on any atom is 0.309 e. The van der Waals surface area contributed by atoms with Crippen molar-refractivity contribution in [3.05, 3.63) is 88.2 Å². The second-order valence-corrected chi connectivity index (χ2v) is 8.86. The maximum atomic E-state index is 14.2. The molecule has 0 radical (unpaired) electrons. The predicted molar refractivity (Wildman–Crippen MR) is 130 cm³/mol. The predicted octanol–water partition coefficient (Wildman–Crippen LogP) is 5.66. The van der Waals surface area contributed by atoms with Gasteiger partial charge >= 0.3 is 5.97 Å². The molecule has 0 fully saturated rings. The number of carbonyl (C=O) groups excluding carboxylic acids is 2. The summed E-state index contributed by atoms with van der Waals surface area (Å²) in [5.41, 5.74) is 2.45. The minimum atomic E-state index is -0.866. The minimum absolute atomic E-state index is 0.0935. The van der Waals surface area contributed by atoms with Gasteiger partial charge in [0.1, 0.15) is 17.7 Å². The summed E-state index contributed by atoms with van der Waals surface area (Å²) < 4.78 is 39.1. The van der Waals surface area contributed by atoms with Crippen LogP contribution in [0.5, 0.6) is 11.5 Å². The number of nitrogens with zero attached hydrogens (tertiary/aromatic N) is 1. The molecular formula is C28H29F2NO5. The van der Waals surface area contributed by atoms with Gasteiger partial charge in [-0.3, -0.25) is 9.59 Å². The summed E-state index contributed by atoms with van der Waals surface area (Å²) in [7, 11) is 1.35. The number of aromatic hydroxyl groups is 1. The van der Waals surface area contributed by atoms with Gasteiger partial charge in [-0.15, -0.1) is 0 Å². The van der Waals surface area contributed by atoms with Crippen LogP contribution in [0.25, 0.3) is 0 Å². The standard InChI is InChI=1S/C28H29F2NO5/c1-15-6-8-19(29)13-21(15)25(22-14-20(30)9-7-16(22)2)18(4)36-28(34)17(3)12-23(32)26-27(33)24(35-5)10-11-31-26/h6-11,13-14,17-18,25,33H,12H2,1-5H3/t17-,18+/m1/s1. The Morgan fingerprint density at radius 3 is 2.06 bits per heavy atom. The first-order valence-electron chi connectivity index (χ1n) is 11.5. The van der Waals surface area contributed by atoms with E-state index in [2.05, 4.69) is 4.98 Å². The van der Waals surface area contributed by atoms with Crippen LogP contribution >= 0.6 is 0 Å². The maximum absolute atomic E-state index is 14.2. The van der Waals surface area contributed by atoms with Gasteiger partial charge < -0.3 is 14.6 Å². The van der Waals surface area contributed by atoms with Crippen LogP contribution in [0.4, 0.5) is 8.78 Å². The highest BCUT2D eigenvalue weighted by molar-refractivity contribution is 5.99. The van der Waals surface area contributed by atoms with Gasteiger partial charge in [0.25, 0.3) is 0 Å². The zero-order valence-corrected chi connectivity index (χ0v) is 20.8. The fraction of sp³-hybridized carbons (Fsp3) is 0.321. The number of methoxy groups -OCH3 is 1. The molecule has 0 saturated heterocycles.